The molecule has 22 heavy (non-hydrogen) atoms. The van der Waals surface area contributed by atoms with Crippen molar-refractivity contribution in [1.82, 2.24) is 4.31 Å². The van der Waals surface area contributed by atoms with Gasteiger partial charge < -0.3 is 4.74 Å². The van der Waals surface area contributed by atoms with E-state index in [-0.39, 0.29) is 17.5 Å². The Kier molecular flexibility index (Phi) is 5.16. The average molecular weight is 326 g/mol. The molecule has 1 aromatic carbocycles. The fourth-order valence-electron chi connectivity index (χ4n) is 2.64. The quantitative estimate of drug-likeness (QED) is 0.850. The molecule has 5 nitrogen and oxygen atoms in total. The Balaban J connectivity index is 2.45. The van der Waals surface area contributed by atoms with Crippen LogP contribution in [0.15, 0.2) is 23.1 Å². The van der Waals surface area contributed by atoms with E-state index in [4.69, 9.17) is 10.00 Å². The summed E-state index contributed by atoms with van der Waals surface area (Å²) < 4.78 is 46.2. The van der Waals surface area contributed by atoms with Crippen molar-refractivity contribution in [2.75, 3.05) is 19.8 Å². The number of sulfonamides is 1. The second kappa shape index (κ2) is 6.73. The van der Waals surface area contributed by atoms with Gasteiger partial charge in [-0.2, -0.15) is 9.57 Å². The molecule has 120 valence electrons. The van der Waals surface area contributed by atoms with Gasteiger partial charge in [0.2, 0.25) is 10.0 Å². The second-order valence-corrected chi connectivity index (χ2v) is 7.56. The van der Waals surface area contributed by atoms with Gasteiger partial charge in [0.25, 0.3) is 0 Å². The first-order valence-electron chi connectivity index (χ1n) is 7.16. The lowest BCUT2D eigenvalue weighted by molar-refractivity contribution is 0.0254. The van der Waals surface area contributed by atoms with Gasteiger partial charge in [0.1, 0.15) is 22.3 Å². The molecule has 0 aliphatic carbocycles. The van der Waals surface area contributed by atoms with Crippen molar-refractivity contribution in [3.8, 4) is 6.07 Å². The van der Waals surface area contributed by atoms with Gasteiger partial charge in [-0.15, -0.1) is 0 Å². The molecular formula is C15H19FN2O3S. The van der Waals surface area contributed by atoms with Crippen LogP contribution in [0.25, 0.3) is 0 Å². The van der Waals surface area contributed by atoms with E-state index >= 15 is 0 Å². The minimum Gasteiger partial charge on any atom is -0.378 e. The van der Waals surface area contributed by atoms with E-state index in [0.717, 1.165) is 6.07 Å². The van der Waals surface area contributed by atoms with Crippen molar-refractivity contribution in [1.29, 1.82) is 5.26 Å². The second-order valence-electron chi connectivity index (χ2n) is 5.70. The summed E-state index contributed by atoms with van der Waals surface area (Å²) in [4.78, 5) is -0.273. The van der Waals surface area contributed by atoms with Crippen LogP contribution in [0.1, 0.15) is 25.8 Å². The summed E-state index contributed by atoms with van der Waals surface area (Å²) in [5.74, 6) is -0.524. The Morgan fingerprint density at radius 1 is 1.50 bits per heavy atom. The monoisotopic (exact) mass is 326 g/mol. The molecule has 0 spiro atoms. The molecule has 1 atom stereocenters. The van der Waals surface area contributed by atoms with Crippen LogP contribution in [-0.2, 0) is 14.8 Å². The van der Waals surface area contributed by atoms with Gasteiger partial charge in [0.15, 0.2) is 0 Å². The SMILES string of the molecule is CC(C)C[C@H]1COCCN1S(=O)(=O)c1cccc(F)c1C#N. The van der Waals surface area contributed by atoms with Gasteiger partial charge in [-0.05, 0) is 24.5 Å². The topological polar surface area (TPSA) is 70.4 Å². The Hall–Kier alpha value is -1.49. The number of benzene rings is 1. The van der Waals surface area contributed by atoms with E-state index in [1.54, 1.807) is 6.07 Å². The lowest BCUT2D eigenvalue weighted by atomic mass is 10.0. The standard InChI is InChI=1S/C15H19FN2O3S/c1-11(2)8-12-10-21-7-6-18(12)22(19,20)15-5-3-4-14(16)13(15)9-17/h3-5,11-12H,6-8,10H2,1-2H3/t12-/m0/s1. The van der Waals surface area contributed by atoms with Crippen LogP contribution in [0.2, 0.25) is 0 Å². The molecule has 0 aromatic heterocycles. The number of halogens is 1. The number of ether oxygens (including phenoxy) is 1. The average Bonchev–Trinajstić information content (AvgIpc) is 2.46. The molecule has 1 heterocycles. The first kappa shape index (κ1) is 16.9. The highest BCUT2D eigenvalue weighted by atomic mass is 32.2. The van der Waals surface area contributed by atoms with Gasteiger partial charge in [-0.1, -0.05) is 19.9 Å². The zero-order chi connectivity index (χ0) is 16.3. The van der Waals surface area contributed by atoms with Gasteiger partial charge >= 0.3 is 0 Å². The molecule has 1 aliphatic heterocycles. The molecule has 0 unspecified atom stereocenters. The van der Waals surface area contributed by atoms with Gasteiger partial charge in [0, 0.05) is 12.6 Å². The summed E-state index contributed by atoms with van der Waals surface area (Å²) in [5.41, 5.74) is -0.433. The van der Waals surface area contributed by atoms with Crippen LogP contribution in [0.5, 0.6) is 0 Å². The largest absolute Gasteiger partial charge is 0.378 e. The number of nitriles is 1. The molecule has 1 saturated heterocycles. The third kappa shape index (κ3) is 3.29. The third-order valence-electron chi connectivity index (χ3n) is 3.59. The van der Waals surface area contributed by atoms with Crippen LogP contribution in [0.4, 0.5) is 4.39 Å². The van der Waals surface area contributed by atoms with Crippen molar-refractivity contribution >= 4 is 10.0 Å². The van der Waals surface area contributed by atoms with E-state index in [1.807, 2.05) is 13.8 Å². The van der Waals surface area contributed by atoms with Crippen molar-refractivity contribution < 1.29 is 17.5 Å². The molecule has 2 rings (SSSR count). The third-order valence-corrected chi connectivity index (χ3v) is 5.59. The highest BCUT2D eigenvalue weighted by Crippen LogP contribution is 2.27. The molecule has 7 heteroatoms. The predicted octanol–water partition coefficient (Wildman–Crippen LogP) is 2.13. The molecule has 1 fully saturated rings. The maximum atomic E-state index is 13.7. The summed E-state index contributed by atoms with van der Waals surface area (Å²) in [6, 6.07) is 5.02. The fourth-order valence-corrected chi connectivity index (χ4v) is 4.40. The number of hydrogen-bond donors (Lipinski definition) is 0. The molecule has 0 N–H and O–H groups in total. The maximum absolute atomic E-state index is 13.7. The Morgan fingerprint density at radius 3 is 2.86 bits per heavy atom. The van der Waals surface area contributed by atoms with Crippen molar-refractivity contribution in [2.24, 2.45) is 5.92 Å². The van der Waals surface area contributed by atoms with Crippen molar-refractivity contribution in [3.05, 3.63) is 29.6 Å². The number of rotatable bonds is 4. The Morgan fingerprint density at radius 2 is 2.23 bits per heavy atom. The molecule has 1 aromatic rings. The molecule has 0 bridgehead atoms. The number of morpholine rings is 1. The normalized spacial score (nSPS) is 20.0. The predicted molar refractivity (Wildman–Crippen MR) is 79.1 cm³/mol. The lowest BCUT2D eigenvalue weighted by Crippen LogP contribution is -2.49. The van der Waals surface area contributed by atoms with E-state index in [9.17, 15) is 12.8 Å². The van der Waals surface area contributed by atoms with E-state index in [1.165, 1.54) is 16.4 Å². The summed E-state index contributed by atoms with van der Waals surface area (Å²) in [6.45, 7) is 4.82. The van der Waals surface area contributed by atoms with Crippen molar-refractivity contribution in [2.45, 2.75) is 31.2 Å². The Labute approximate surface area is 130 Å². The summed E-state index contributed by atoms with van der Waals surface area (Å²) in [6.07, 6.45) is 0.649. The Bertz CT molecular complexity index is 683. The maximum Gasteiger partial charge on any atom is 0.244 e. The highest BCUT2D eigenvalue weighted by Gasteiger charge is 2.36. The van der Waals surface area contributed by atoms with Crippen LogP contribution < -0.4 is 0 Å². The molecular weight excluding hydrogens is 307 g/mol. The molecule has 1 aliphatic rings. The fraction of sp³-hybridized carbons (Fsp3) is 0.533. The van der Waals surface area contributed by atoms with Crippen LogP contribution in [0, 0.1) is 23.1 Å². The highest BCUT2D eigenvalue weighted by molar-refractivity contribution is 7.89. The van der Waals surface area contributed by atoms with Gasteiger partial charge in [0.05, 0.1) is 13.2 Å². The number of nitrogens with zero attached hydrogens (tertiary/aromatic N) is 2. The molecule has 0 amide bonds. The van der Waals surface area contributed by atoms with Crippen LogP contribution in [-0.4, -0.2) is 38.5 Å². The first-order chi connectivity index (χ1) is 10.4. The summed E-state index contributed by atoms with van der Waals surface area (Å²) in [5, 5.41) is 9.07. The zero-order valence-corrected chi connectivity index (χ0v) is 13.4. The van der Waals surface area contributed by atoms with Crippen molar-refractivity contribution in [3.63, 3.8) is 0 Å². The number of hydrogen-bond acceptors (Lipinski definition) is 4. The first-order valence-corrected chi connectivity index (χ1v) is 8.60. The summed E-state index contributed by atoms with van der Waals surface area (Å²) in [7, 11) is -3.93. The smallest absolute Gasteiger partial charge is 0.244 e. The van der Waals surface area contributed by atoms with Gasteiger partial charge in [-0.3, -0.25) is 0 Å². The molecule has 0 radical (unpaired) electrons. The summed E-state index contributed by atoms with van der Waals surface area (Å²) >= 11 is 0. The minimum absolute atomic E-state index is 0.209. The van der Waals surface area contributed by atoms with Gasteiger partial charge in [-0.25, -0.2) is 12.8 Å². The lowest BCUT2D eigenvalue weighted by Gasteiger charge is -2.35. The molecule has 0 saturated carbocycles. The van der Waals surface area contributed by atoms with Crippen LogP contribution in [0.3, 0.4) is 0 Å². The zero-order valence-electron chi connectivity index (χ0n) is 12.6. The van der Waals surface area contributed by atoms with Crippen LogP contribution >= 0.6 is 0 Å². The van der Waals surface area contributed by atoms with E-state index < -0.39 is 21.4 Å². The minimum atomic E-state index is -3.93. The van der Waals surface area contributed by atoms with E-state index in [0.29, 0.717) is 25.6 Å². The van der Waals surface area contributed by atoms with E-state index in [2.05, 4.69) is 0 Å².